The average Bonchev–Trinajstić information content (AvgIpc) is 2.24. The third-order valence-electron chi connectivity index (χ3n) is 2.26. The molecule has 1 amide bonds. The highest BCUT2D eigenvalue weighted by molar-refractivity contribution is 5.95. The lowest BCUT2D eigenvalue weighted by atomic mass is 10.0. The standard InChI is InChI=1S/C11H15N3O3/c1-6(2)9(11(16)17)14-10(15)8-4-7(3)12-5-13-8/h4-6,9H,1-3H3,(H,14,15)(H,16,17)/t9-/m0/s1. The number of nitrogens with zero attached hydrogens (tertiary/aromatic N) is 2. The molecule has 0 unspecified atom stereocenters. The third-order valence-corrected chi connectivity index (χ3v) is 2.26. The van der Waals surface area contributed by atoms with Crippen LogP contribution in [-0.2, 0) is 4.79 Å². The minimum absolute atomic E-state index is 0.171. The molecule has 1 rings (SSSR count). The molecular formula is C11H15N3O3. The van der Waals surface area contributed by atoms with Crippen molar-refractivity contribution in [3.8, 4) is 0 Å². The molecule has 1 heterocycles. The fraction of sp³-hybridized carbons (Fsp3) is 0.455. The first-order valence-electron chi connectivity index (χ1n) is 5.24. The van der Waals surface area contributed by atoms with E-state index in [0.717, 1.165) is 0 Å². The van der Waals surface area contributed by atoms with Gasteiger partial charge in [-0.1, -0.05) is 13.8 Å². The Bertz CT molecular complexity index is 432. The van der Waals surface area contributed by atoms with Crippen LogP contribution in [-0.4, -0.2) is 33.0 Å². The van der Waals surface area contributed by atoms with Crippen LogP contribution >= 0.6 is 0 Å². The summed E-state index contributed by atoms with van der Waals surface area (Å²) in [5.41, 5.74) is 0.825. The molecule has 92 valence electrons. The van der Waals surface area contributed by atoms with Gasteiger partial charge in [0, 0.05) is 5.69 Å². The Kier molecular flexibility index (Phi) is 4.14. The van der Waals surface area contributed by atoms with Crippen LogP contribution in [0.3, 0.4) is 0 Å². The summed E-state index contributed by atoms with van der Waals surface area (Å²) in [6.07, 6.45) is 1.27. The zero-order valence-electron chi connectivity index (χ0n) is 9.97. The maximum absolute atomic E-state index is 11.8. The Labute approximate surface area is 99.1 Å². The van der Waals surface area contributed by atoms with Gasteiger partial charge in [0.2, 0.25) is 0 Å². The topological polar surface area (TPSA) is 92.2 Å². The summed E-state index contributed by atoms with van der Waals surface area (Å²) in [5, 5.41) is 11.4. The van der Waals surface area contributed by atoms with Gasteiger partial charge in [-0.3, -0.25) is 4.79 Å². The van der Waals surface area contributed by atoms with Crippen molar-refractivity contribution in [1.29, 1.82) is 0 Å². The van der Waals surface area contributed by atoms with Gasteiger partial charge >= 0.3 is 5.97 Å². The zero-order valence-corrected chi connectivity index (χ0v) is 9.97. The number of hydrogen-bond acceptors (Lipinski definition) is 4. The minimum atomic E-state index is -1.06. The van der Waals surface area contributed by atoms with Gasteiger partial charge < -0.3 is 10.4 Å². The molecule has 2 N–H and O–H groups in total. The molecule has 0 fully saturated rings. The predicted molar refractivity (Wildman–Crippen MR) is 60.5 cm³/mol. The molecule has 0 aliphatic heterocycles. The molecule has 0 saturated heterocycles. The second kappa shape index (κ2) is 5.38. The van der Waals surface area contributed by atoms with E-state index in [-0.39, 0.29) is 11.6 Å². The summed E-state index contributed by atoms with van der Waals surface area (Å²) in [6.45, 7) is 5.18. The SMILES string of the molecule is Cc1cc(C(=O)N[C@H](C(=O)O)C(C)C)ncn1. The predicted octanol–water partition coefficient (Wildman–Crippen LogP) is 0.624. The van der Waals surface area contributed by atoms with Crippen LogP contribution in [0.25, 0.3) is 0 Å². The molecule has 0 aliphatic rings. The Morgan fingerprint density at radius 2 is 2.00 bits per heavy atom. The monoisotopic (exact) mass is 237 g/mol. The number of carboxylic acids is 1. The van der Waals surface area contributed by atoms with Crippen molar-refractivity contribution in [2.24, 2.45) is 5.92 Å². The number of carboxylic acid groups (broad SMARTS) is 1. The molecule has 0 spiro atoms. The van der Waals surface area contributed by atoms with E-state index < -0.39 is 17.9 Å². The van der Waals surface area contributed by atoms with E-state index in [1.807, 2.05) is 0 Å². The van der Waals surface area contributed by atoms with Crippen molar-refractivity contribution >= 4 is 11.9 Å². The van der Waals surface area contributed by atoms with E-state index in [0.29, 0.717) is 5.69 Å². The number of nitrogens with one attached hydrogen (secondary N) is 1. The van der Waals surface area contributed by atoms with E-state index >= 15 is 0 Å². The minimum Gasteiger partial charge on any atom is -0.480 e. The fourth-order valence-electron chi connectivity index (χ4n) is 1.31. The van der Waals surface area contributed by atoms with Crippen molar-refractivity contribution in [1.82, 2.24) is 15.3 Å². The number of carbonyl (C=O) groups excluding carboxylic acids is 1. The van der Waals surface area contributed by atoms with Crippen LogP contribution in [0.1, 0.15) is 30.0 Å². The van der Waals surface area contributed by atoms with Crippen LogP contribution in [0.5, 0.6) is 0 Å². The van der Waals surface area contributed by atoms with Crippen molar-refractivity contribution in [2.75, 3.05) is 0 Å². The van der Waals surface area contributed by atoms with E-state index in [4.69, 9.17) is 5.11 Å². The Hall–Kier alpha value is -1.98. The van der Waals surface area contributed by atoms with Crippen molar-refractivity contribution in [3.63, 3.8) is 0 Å². The van der Waals surface area contributed by atoms with Crippen LogP contribution in [0, 0.1) is 12.8 Å². The van der Waals surface area contributed by atoms with Crippen LogP contribution in [0.15, 0.2) is 12.4 Å². The van der Waals surface area contributed by atoms with Crippen molar-refractivity contribution < 1.29 is 14.7 Å². The summed E-state index contributed by atoms with van der Waals surface area (Å²) < 4.78 is 0. The summed E-state index contributed by atoms with van der Waals surface area (Å²) in [4.78, 5) is 30.3. The van der Waals surface area contributed by atoms with Gasteiger partial charge in [-0.25, -0.2) is 14.8 Å². The highest BCUT2D eigenvalue weighted by atomic mass is 16.4. The molecule has 1 aromatic rings. The first-order chi connectivity index (χ1) is 7.91. The number of rotatable bonds is 4. The molecule has 6 heteroatoms. The van der Waals surface area contributed by atoms with Gasteiger partial charge in [0.05, 0.1) is 0 Å². The number of amides is 1. The second-order valence-corrected chi connectivity index (χ2v) is 4.08. The maximum atomic E-state index is 11.8. The van der Waals surface area contributed by atoms with E-state index in [1.165, 1.54) is 12.4 Å². The van der Waals surface area contributed by atoms with Gasteiger partial charge in [0.25, 0.3) is 5.91 Å². The molecule has 0 aliphatic carbocycles. The molecule has 17 heavy (non-hydrogen) atoms. The van der Waals surface area contributed by atoms with Crippen LogP contribution < -0.4 is 5.32 Å². The largest absolute Gasteiger partial charge is 0.480 e. The Morgan fingerprint density at radius 1 is 1.35 bits per heavy atom. The van der Waals surface area contributed by atoms with Crippen molar-refractivity contribution in [3.05, 3.63) is 23.8 Å². The third kappa shape index (κ3) is 3.51. The summed E-state index contributed by atoms with van der Waals surface area (Å²) in [6, 6.07) is 0.590. The molecular weight excluding hydrogens is 222 g/mol. The summed E-state index contributed by atoms with van der Waals surface area (Å²) in [5.74, 6) is -1.75. The van der Waals surface area contributed by atoms with E-state index in [9.17, 15) is 9.59 Å². The first kappa shape index (κ1) is 13.1. The molecule has 6 nitrogen and oxygen atoms in total. The highest BCUT2D eigenvalue weighted by Gasteiger charge is 2.24. The van der Waals surface area contributed by atoms with Gasteiger partial charge in [0.15, 0.2) is 0 Å². The first-order valence-corrected chi connectivity index (χ1v) is 5.24. The molecule has 0 saturated carbocycles. The molecule has 0 radical (unpaired) electrons. The number of aryl methyl sites for hydroxylation is 1. The maximum Gasteiger partial charge on any atom is 0.326 e. The van der Waals surface area contributed by atoms with Crippen molar-refractivity contribution in [2.45, 2.75) is 26.8 Å². The number of aromatic nitrogens is 2. The molecule has 0 bridgehead atoms. The molecule has 1 atom stereocenters. The summed E-state index contributed by atoms with van der Waals surface area (Å²) in [7, 11) is 0. The lowest BCUT2D eigenvalue weighted by Gasteiger charge is -2.17. The zero-order chi connectivity index (χ0) is 13.0. The van der Waals surface area contributed by atoms with Gasteiger partial charge in [-0.2, -0.15) is 0 Å². The molecule has 0 aromatic carbocycles. The number of hydrogen-bond donors (Lipinski definition) is 2. The Morgan fingerprint density at radius 3 is 2.47 bits per heavy atom. The van der Waals surface area contributed by atoms with Crippen LogP contribution in [0.4, 0.5) is 0 Å². The number of carbonyl (C=O) groups is 2. The van der Waals surface area contributed by atoms with Gasteiger partial charge in [-0.15, -0.1) is 0 Å². The van der Waals surface area contributed by atoms with Crippen LogP contribution in [0.2, 0.25) is 0 Å². The lowest BCUT2D eigenvalue weighted by Crippen LogP contribution is -2.44. The molecule has 1 aromatic heterocycles. The van der Waals surface area contributed by atoms with Gasteiger partial charge in [0.1, 0.15) is 18.1 Å². The normalized spacial score (nSPS) is 12.2. The quantitative estimate of drug-likeness (QED) is 0.801. The Balaban J connectivity index is 2.81. The van der Waals surface area contributed by atoms with E-state index in [1.54, 1.807) is 20.8 Å². The smallest absolute Gasteiger partial charge is 0.326 e. The average molecular weight is 237 g/mol. The fourth-order valence-corrected chi connectivity index (χ4v) is 1.31. The second-order valence-electron chi connectivity index (χ2n) is 4.08. The number of aliphatic carboxylic acids is 1. The summed E-state index contributed by atoms with van der Waals surface area (Å²) >= 11 is 0. The van der Waals surface area contributed by atoms with E-state index in [2.05, 4.69) is 15.3 Å². The van der Waals surface area contributed by atoms with Gasteiger partial charge in [-0.05, 0) is 18.9 Å². The highest BCUT2D eigenvalue weighted by Crippen LogP contribution is 2.04. The lowest BCUT2D eigenvalue weighted by molar-refractivity contribution is -0.140.